The van der Waals surface area contributed by atoms with Gasteiger partial charge in [-0.25, -0.2) is 14.8 Å². The predicted molar refractivity (Wildman–Crippen MR) is 82.0 cm³/mol. The number of nitrogens with zero attached hydrogens (tertiary/aromatic N) is 3. The maximum Gasteiger partial charge on any atom is 0.335 e. The van der Waals surface area contributed by atoms with Crippen LogP contribution in [0.1, 0.15) is 26.9 Å². The molecule has 0 atom stereocenters. The van der Waals surface area contributed by atoms with Gasteiger partial charge in [-0.15, -0.1) is 11.3 Å². The lowest BCUT2D eigenvalue weighted by Crippen LogP contribution is -2.04. The molecular formula is C15H15N3O2S. The van der Waals surface area contributed by atoms with Crippen molar-refractivity contribution in [2.45, 2.75) is 26.8 Å². The van der Waals surface area contributed by atoms with Gasteiger partial charge in [-0.3, -0.25) is 0 Å². The van der Waals surface area contributed by atoms with E-state index < -0.39 is 5.97 Å². The third-order valence-corrected chi connectivity index (χ3v) is 4.43. The van der Waals surface area contributed by atoms with Gasteiger partial charge in [0.1, 0.15) is 5.82 Å². The maximum atomic E-state index is 11.1. The summed E-state index contributed by atoms with van der Waals surface area (Å²) < 4.78 is 2.05. The molecule has 0 saturated heterocycles. The van der Waals surface area contributed by atoms with E-state index in [9.17, 15) is 4.79 Å². The molecule has 2 heterocycles. The number of carboxylic acids is 1. The third kappa shape index (κ3) is 2.67. The Kier molecular flexibility index (Phi) is 3.47. The highest BCUT2D eigenvalue weighted by molar-refractivity contribution is 7.09. The molecule has 0 spiro atoms. The average Bonchev–Trinajstić information content (AvgIpc) is 2.98. The molecule has 0 radical (unpaired) electrons. The van der Waals surface area contributed by atoms with Gasteiger partial charge in [-0.1, -0.05) is 0 Å². The summed E-state index contributed by atoms with van der Waals surface area (Å²) in [6.07, 6.45) is 0.822. The molecule has 3 rings (SSSR count). The van der Waals surface area contributed by atoms with Gasteiger partial charge < -0.3 is 9.67 Å². The monoisotopic (exact) mass is 301 g/mol. The van der Waals surface area contributed by atoms with E-state index in [1.807, 2.05) is 19.2 Å². The average molecular weight is 301 g/mol. The number of thiazole rings is 1. The van der Waals surface area contributed by atoms with Gasteiger partial charge in [-0.2, -0.15) is 0 Å². The first-order chi connectivity index (χ1) is 10.0. The number of carbonyl (C=O) groups is 1. The van der Waals surface area contributed by atoms with Crippen molar-refractivity contribution in [1.29, 1.82) is 0 Å². The number of hydrogen-bond acceptors (Lipinski definition) is 4. The van der Waals surface area contributed by atoms with E-state index >= 15 is 0 Å². The molecule has 3 aromatic rings. The van der Waals surface area contributed by atoms with Gasteiger partial charge in [0.15, 0.2) is 0 Å². The van der Waals surface area contributed by atoms with Gasteiger partial charge >= 0.3 is 5.97 Å². The van der Waals surface area contributed by atoms with E-state index in [-0.39, 0.29) is 5.56 Å². The molecule has 21 heavy (non-hydrogen) atoms. The van der Waals surface area contributed by atoms with Crippen LogP contribution in [-0.2, 0) is 13.0 Å². The topological polar surface area (TPSA) is 68.0 Å². The first-order valence-electron chi connectivity index (χ1n) is 6.66. The quantitative estimate of drug-likeness (QED) is 0.804. The number of carboxylic acid groups (broad SMARTS) is 1. The number of aromatic nitrogens is 3. The Balaban J connectivity index is 1.94. The number of fused-ring (bicyclic) bond motifs is 1. The molecule has 5 nitrogen and oxygen atoms in total. The fourth-order valence-electron chi connectivity index (χ4n) is 2.38. The first kappa shape index (κ1) is 13.8. The fraction of sp³-hybridized carbons (Fsp3) is 0.267. The second-order valence-corrected chi connectivity index (χ2v) is 5.89. The largest absolute Gasteiger partial charge is 0.478 e. The van der Waals surface area contributed by atoms with Crippen LogP contribution in [0, 0.1) is 13.8 Å². The summed E-state index contributed by atoms with van der Waals surface area (Å²) in [5, 5.41) is 12.2. The number of aromatic carboxylic acids is 1. The minimum Gasteiger partial charge on any atom is -0.478 e. The zero-order valence-electron chi connectivity index (χ0n) is 11.8. The van der Waals surface area contributed by atoms with Crippen LogP contribution in [-0.4, -0.2) is 25.6 Å². The molecule has 108 valence electrons. The lowest BCUT2D eigenvalue weighted by atomic mass is 10.2. The molecule has 0 unspecified atom stereocenters. The lowest BCUT2D eigenvalue weighted by molar-refractivity contribution is 0.0697. The molecule has 0 aliphatic rings. The number of aryl methyl sites for hydroxylation is 4. The minimum atomic E-state index is -0.919. The van der Waals surface area contributed by atoms with Gasteiger partial charge in [0.05, 0.1) is 21.6 Å². The highest BCUT2D eigenvalue weighted by Crippen LogP contribution is 2.19. The van der Waals surface area contributed by atoms with Crippen molar-refractivity contribution in [2.24, 2.45) is 0 Å². The standard InChI is InChI=1S/C15H15N3O2S/c1-9-8-21-14(16-9)5-6-18-10(2)17-12-4-3-11(15(19)20)7-13(12)18/h3-4,7-8H,5-6H2,1-2H3,(H,19,20). The minimum absolute atomic E-state index is 0.286. The second kappa shape index (κ2) is 5.29. The van der Waals surface area contributed by atoms with E-state index in [1.54, 1.807) is 29.5 Å². The summed E-state index contributed by atoms with van der Waals surface area (Å²) in [6, 6.07) is 5.03. The van der Waals surface area contributed by atoms with Gasteiger partial charge in [0, 0.05) is 24.0 Å². The molecule has 2 aromatic heterocycles. The van der Waals surface area contributed by atoms with Crippen molar-refractivity contribution < 1.29 is 9.90 Å². The molecule has 0 amide bonds. The molecule has 1 aromatic carbocycles. The van der Waals surface area contributed by atoms with Crippen LogP contribution in [0.3, 0.4) is 0 Å². The van der Waals surface area contributed by atoms with E-state index in [1.165, 1.54) is 0 Å². The van der Waals surface area contributed by atoms with Gasteiger partial charge in [0.25, 0.3) is 0 Å². The highest BCUT2D eigenvalue weighted by atomic mass is 32.1. The van der Waals surface area contributed by atoms with Crippen molar-refractivity contribution in [3.8, 4) is 0 Å². The molecule has 6 heteroatoms. The Bertz CT molecular complexity index is 820. The molecule has 1 N–H and O–H groups in total. The van der Waals surface area contributed by atoms with Gasteiger partial charge in [0.2, 0.25) is 0 Å². The zero-order valence-corrected chi connectivity index (χ0v) is 12.6. The Morgan fingerprint density at radius 3 is 2.81 bits per heavy atom. The number of hydrogen-bond donors (Lipinski definition) is 1. The van der Waals surface area contributed by atoms with Crippen LogP contribution in [0.25, 0.3) is 11.0 Å². The summed E-state index contributed by atoms with van der Waals surface area (Å²) in [7, 11) is 0. The number of imidazole rings is 1. The number of benzene rings is 1. The van der Waals surface area contributed by atoms with E-state index in [2.05, 4.69) is 14.5 Å². The van der Waals surface area contributed by atoms with Crippen LogP contribution in [0.2, 0.25) is 0 Å². The summed E-state index contributed by atoms with van der Waals surface area (Å²) in [5.74, 6) is -0.0290. The molecule has 0 aliphatic carbocycles. The SMILES string of the molecule is Cc1csc(CCn2c(C)nc3ccc(C(=O)O)cc32)n1. The second-order valence-electron chi connectivity index (χ2n) is 4.95. The summed E-state index contributed by atoms with van der Waals surface area (Å²) >= 11 is 1.65. The molecule has 0 bridgehead atoms. The third-order valence-electron chi connectivity index (χ3n) is 3.40. The predicted octanol–water partition coefficient (Wildman–Crippen LogP) is 3.05. The molecule has 0 fully saturated rings. The van der Waals surface area contributed by atoms with Crippen molar-refractivity contribution in [2.75, 3.05) is 0 Å². The normalized spacial score (nSPS) is 11.1. The Labute approximate surface area is 125 Å². The smallest absolute Gasteiger partial charge is 0.335 e. The summed E-state index contributed by atoms with van der Waals surface area (Å²) in [6.45, 7) is 4.67. The van der Waals surface area contributed by atoms with Crippen LogP contribution in [0.5, 0.6) is 0 Å². The summed E-state index contributed by atoms with van der Waals surface area (Å²) in [5.41, 5.74) is 3.01. The van der Waals surface area contributed by atoms with Crippen LogP contribution >= 0.6 is 11.3 Å². The van der Waals surface area contributed by atoms with Crippen molar-refractivity contribution in [1.82, 2.24) is 14.5 Å². The van der Waals surface area contributed by atoms with Crippen molar-refractivity contribution in [3.63, 3.8) is 0 Å². The van der Waals surface area contributed by atoms with Crippen molar-refractivity contribution in [3.05, 3.63) is 45.7 Å². The fourth-order valence-corrected chi connectivity index (χ4v) is 3.15. The Morgan fingerprint density at radius 2 is 2.14 bits per heavy atom. The highest BCUT2D eigenvalue weighted by Gasteiger charge is 2.11. The Hall–Kier alpha value is -2.21. The van der Waals surface area contributed by atoms with E-state index in [0.717, 1.165) is 40.5 Å². The first-order valence-corrected chi connectivity index (χ1v) is 7.54. The van der Waals surface area contributed by atoms with Crippen LogP contribution in [0.15, 0.2) is 23.6 Å². The molecule has 0 aliphatic heterocycles. The van der Waals surface area contributed by atoms with E-state index in [4.69, 9.17) is 5.11 Å². The Morgan fingerprint density at radius 1 is 1.33 bits per heavy atom. The lowest BCUT2D eigenvalue weighted by Gasteiger charge is -2.05. The number of rotatable bonds is 4. The molecular weight excluding hydrogens is 286 g/mol. The van der Waals surface area contributed by atoms with Crippen LogP contribution in [0.4, 0.5) is 0 Å². The molecule has 0 saturated carbocycles. The van der Waals surface area contributed by atoms with Gasteiger partial charge in [-0.05, 0) is 32.0 Å². The van der Waals surface area contributed by atoms with E-state index in [0.29, 0.717) is 0 Å². The van der Waals surface area contributed by atoms with Crippen molar-refractivity contribution >= 4 is 28.3 Å². The van der Waals surface area contributed by atoms with Crippen LogP contribution < -0.4 is 0 Å². The zero-order chi connectivity index (χ0) is 15.0. The maximum absolute atomic E-state index is 11.1. The summed E-state index contributed by atoms with van der Waals surface area (Å²) in [4.78, 5) is 20.0.